The van der Waals surface area contributed by atoms with E-state index in [1.165, 1.54) is 36.8 Å². The number of hydrogen-bond acceptors (Lipinski definition) is 0. The van der Waals surface area contributed by atoms with Crippen molar-refractivity contribution in [2.45, 2.75) is 44.4 Å². The van der Waals surface area contributed by atoms with Crippen molar-refractivity contribution in [2.24, 2.45) is 5.92 Å². The van der Waals surface area contributed by atoms with Crippen LogP contribution in [0.1, 0.15) is 55.6 Å². The van der Waals surface area contributed by atoms with Gasteiger partial charge in [-0.1, -0.05) is 80.4 Å². The fourth-order valence-electron chi connectivity index (χ4n) is 3.98. The Hall–Kier alpha value is -1.56. The highest BCUT2D eigenvalue weighted by Gasteiger charge is 2.34. The average molecular weight is 277 g/mol. The third-order valence-electron chi connectivity index (χ3n) is 4.88. The van der Waals surface area contributed by atoms with Crippen LogP contribution < -0.4 is 0 Å². The van der Waals surface area contributed by atoms with Gasteiger partial charge in [0.2, 0.25) is 0 Å². The van der Waals surface area contributed by atoms with Crippen LogP contribution in [-0.2, 0) is 0 Å². The highest BCUT2D eigenvalue weighted by molar-refractivity contribution is 5.32. The third-order valence-corrected chi connectivity index (χ3v) is 4.88. The van der Waals surface area contributed by atoms with Gasteiger partial charge in [-0.05, 0) is 48.1 Å². The molecule has 1 aliphatic rings. The minimum absolute atomic E-state index is 0.568. The number of hydrogen-bond donors (Lipinski definition) is 0. The lowest BCUT2D eigenvalue weighted by molar-refractivity contribution is 0.298. The molecule has 0 heterocycles. The van der Waals surface area contributed by atoms with E-state index in [1.807, 2.05) is 0 Å². The molecule has 0 N–H and O–H groups in total. The van der Waals surface area contributed by atoms with E-state index in [0.717, 1.165) is 5.92 Å². The molecule has 0 amide bonds. The zero-order valence-electron chi connectivity index (χ0n) is 12.9. The van der Waals surface area contributed by atoms with Gasteiger partial charge in [0.15, 0.2) is 0 Å². The van der Waals surface area contributed by atoms with Crippen molar-refractivity contribution < 1.29 is 0 Å². The summed E-state index contributed by atoms with van der Waals surface area (Å²) in [6, 6.07) is 22.2. The molecule has 21 heavy (non-hydrogen) atoms. The Morgan fingerprint density at radius 2 is 1.48 bits per heavy atom. The molecule has 0 aliphatic heterocycles. The first-order valence-corrected chi connectivity index (χ1v) is 8.33. The topological polar surface area (TPSA) is 0 Å². The van der Waals surface area contributed by atoms with E-state index in [-0.39, 0.29) is 0 Å². The molecule has 1 radical (unpaired) electrons. The zero-order chi connectivity index (χ0) is 14.5. The molecule has 3 rings (SSSR count). The molecule has 3 atom stereocenters. The van der Waals surface area contributed by atoms with E-state index in [1.54, 1.807) is 0 Å². The minimum Gasteiger partial charge on any atom is -0.0654 e. The maximum absolute atomic E-state index is 2.55. The first kappa shape index (κ1) is 14.4. The van der Waals surface area contributed by atoms with Gasteiger partial charge in [0, 0.05) is 0 Å². The standard InChI is InChI=1S/C21H25/c1-2-10-18-15-9-16-20(17-11-5-3-6-12-17)21(18)19-13-7-4-8-14-19/h3-8,11-14,16,18,20-21H,2,9-10,15H2,1H3. The zero-order valence-corrected chi connectivity index (χ0v) is 12.9. The van der Waals surface area contributed by atoms with Gasteiger partial charge in [0.05, 0.1) is 0 Å². The van der Waals surface area contributed by atoms with Crippen LogP contribution in [0.2, 0.25) is 0 Å². The van der Waals surface area contributed by atoms with Crippen molar-refractivity contribution in [2.75, 3.05) is 0 Å². The molecule has 0 nitrogen and oxygen atoms in total. The predicted molar refractivity (Wildman–Crippen MR) is 90.3 cm³/mol. The lowest BCUT2D eigenvalue weighted by atomic mass is 9.65. The Morgan fingerprint density at radius 1 is 0.857 bits per heavy atom. The second-order valence-corrected chi connectivity index (χ2v) is 6.23. The van der Waals surface area contributed by atoms with Crippen LogP contribution in [-0.4, -0.2) is 0 Å². The van der Waals surface area contributed by atoms with Crippen LogP contribution in [0.5, 0.6) is 0 Å². The van der Waals surface area contributed by atoms with Crippen LogP contribution in [0, 0.1) is 12.3 Å². The summed E-state index contributed by atoms with van der Waals surface area (Å²) in [6.07, 6.45) is 7.79. The SMILES string of the molecule is CCCC1CC[CH]C(c2ccccc2)C1c1ccccc1. The van der Waals surface area contributed by atoms with Gasteiger partial charge in [-0.15, -0.1) is 0 Å². The highest BCUT2D eigenvalue weighted by Crippen LogP contribution is 2.48. The van der Waals surface area contributed by atoms with Gasteiger partial charge >= 0.3 is 0 Å². The van der Waals surface area contributed by atoms with Crippen LogP contribution in [0.4, 0.5) is 0 Å². The van der Waals surface area contributed by atoms with E-state index in [0.29, 0.717) is 11.8 Å². The van der Waals surface area contributed by atoms with Crippen LogP contribution in [0.3, 0.4) is 0 Å². The molecule has 1 aliphatic carbocycles. The molecule has 1 saturated carbocycles. The summed E-state index contributed by atoms with van der Waals surface area (Å²) in [5.41, 5.74) is 2.99. The van der Waals surface area contributed by atoms with E-state index in [9.17, 15) is 0 Å². The Bertz CT molecular complexity index is 526. The third kappa shape index (κ3) is 3.20. The lowest BCUT2D eigenvalue weighted by Crippen LogP contribution is -2.25. The maximum atomic E-state index is 2.55. The molecule has 0 bridgehead atoms. The lowest BCUT2D eigenvalue weighted by Gasteiger charge is -2.39. The predicted octanol–water partition coefficient (Wildman–Crippen LogP) is 5.97. The van der Waals surface area contributed by atoms with Gasteiger partial charge in [0.25, 0.3) is 0 Å². The Kier molecular flexibility index (Phi) is 4.75. The first-order chi connectivity index (χ1) is 10.4. The molecule has 0 heteroatoms. The molecule has 0 saturated heterocycles. The largest absolute Gasteiger partial charge is 0.0654 e. The van der Waals surface area contributed by atoms with Crippen LogP contribution in [0.25, 0.3) is 0 Å². The fraction of sp³-hybridized carbons (Fsp3) is 0.381. The molecular formula is C21H25. The summed E-state index contributed by atoms with van der Waals surface area (Å²) in [5, 5.41) is 0. The first-order valence-electron chi connectivity index (χ1n) is 8.33. The second-order valence-electron chi connectivity index (χ2n) is 6.23. The molecule has 0 spiro atoms. The Balaban J connectivity index is 1.96. The van der Waals surface area contributed by atoms with Gasteiger partial charge in [-0.2, -0.15) is 0 Å². The van der Waals surface area contributed by atoms with E-state index < -0.39 is 0 Å². The minimum atomic E-state index is 0.568. The molecule has 2 aromatic carbocycles. The summed E-state index contributed by atoms with van der Waals surface area (Å²) >= 11 is 0. The summed E-state index contributed by atoms with van der Waals surface area (Å²) < 4.78 is 0. The molecule has 109 valence electrons. The number of benzene rings is 2. The Morgan fingerprint density at radius 3 is 2.10 bits per heavy atom. The molecule has 3 unspecified atom stereocenters. The van der Waals surface area contributed by atoms with Crippen molar-refractivity contribution in [1.29, 1.82) is 0 Å². The average Bonchev–Trinajstić information content (AvgIpc) is 2.56. The number of rotatable bonds is 4. The molecule has 2 aromatic rings. The van der Waals surface area contributed by atoms with E-state index in [2.05, 4.69) is 74.0 Å². The molecular weight excluding hydrogens is 252 g/mol. The summed E-state index contributed by atoms with van der Waals surface area (Å²) in [5.74, 6) is 2.02. The maximum Gasteiger partial charge on any atom is -0.00592 e. The van der Waals surface area contributed by atoms with Crippen molar-refractivity contribution in [3.05, 3.63) is 78.2 Å². The monoisotopic (exact) mass is 277 g/mol. The Labute approximate surface area is 129 Å². The molecule has 0 aromatic heterocycles. The normalized spacial score (nSPS) is 25.7. The fourth-order valence-corrected chi connectivity index (χ4v) is 3.98. The summed E-state index contributed by atoms with van der Waals surface area (Å²) in [7, 11) is 0. The van der Waals surface area contributed by atoms with Gasteiger partial charge in [0.1, 0.15) is 0 Å². The highest BCUT2D eigenvalue weighted by atomic mass is 14.4. The second kappa shape index (κ2) is 6.93. The van der Waals surface area contributed by atoms with E-state index >= 15 is 0 Å². The van der Waals surface area contributed by atoms with Crippen LogP contribution >= 0.6 is 0 Å². The van der Waals surface area contributed by atoms with E-state index in [4.69, 9.17) is 0 Å². The molecule has 1 fully saturated rings. The van der Waals surface area contributed by atoms with Crippen LogP contribution in [0.15, 0.2) is 60.7 Å². The van der Waals surface area contributed by atoms with Crippen molar-refractivity contribution in [1.82, 2.24) is 0 Å². The van der Waals surface area contributed by atoms with Crippen molar-refractivity contribution in [3.8, 4) is 0 Å². The van der Waals surface area contributed by atoms with Gasteiger partial charge in [-0.3, -0.25) is 0 Å². The quantitative estimate of drug-likeness (QED) is 0.646. The smallest absolute Gasteiger partial charge is 0.00592 e. The summed E-state index contributed by atoms with van der Waals surface area (Å²) in [6.45, 7) is 2.32. The van der Waals surface area contributed by atoms with Gasteiger partial charge in [-0.25, -0.2) is 0 Å². The van der Waals surface area contributed by atoms with Crippen molar-refractivity contribution in [3.63, 3.8) is 0 Å². The van der Waals surface area contributed by atoms with Gasteiger partial charge < -0.3 is 0 Å². The van der Waals surface area contributed by atoms with Crippen molar-refractivity contribution >= 4 is 0 Å². The summed E-state index contributed by atoms with van der Waals surface area (Å²) in [4.78, 5) is 0.